The predicted molar refractivity (Wildman–Crippen MR) is 70.5 cm³/mol. The Morgan fingerprint density at radius 1 is 1.00 bits per heavy atom. The van der Waals surface area contributed by atoms with Crippen molar-refractivity contribution in [3.63, 3.8) is 0 Å². The van der Waals surface area contributed by atoms with Gasteiger partial charge in [0.2, 0.25) is 0 Å². The lowest BCUT2D eigenvalue weighted by Crippen LogP contribution is -2.40. The molecule has 3 N–H and O–H groups in total. The van der Waals surface area contributed by atoms with Gasteiger partial charge < -0.3 is 15.5 Å². The molecule has 7 nitrogen and oxygen atoms in total. The van der Waals surface area contributed by atoms with Gasteiger partial charge in [0.1, 0.15) is 0 Å². The molecule has 0 saturated heterocycles. The van der Waals surface area contributed by atoms with Crippen LogP contribution in [0.25, 0.3) is 0 Å². The zero-order chi connectivity index (χ0) is 15.0. The second-order valence-corrected chi connectivity index (χ2v) is 4.12. The number of carbonyl (C=O) groups is 3. The van der Waals surface area contributed by atoms with Gasteiger partial charge in [0.05, 0.1) is 13.1 Å². The largest absolute Gasteiger partial charge is 0.480 e. The zero-order valence-electron chi connectivity index (χ0n) is 10.8. The minimum Gasteiger partial charge on any atom is -0.480 e. The van der Waals surface area contributed by atoms with Crippen molar-refractivity contribution in [3.8, 4) is 0 Å². The van der Waals surface area contributed by atoms with Crippen LogP contribution in [0.15, 0.2) is 30.3 Å². The fourth-order valence-electron chi connectivity index (χ4n) is 1.62. The number of aliphatic carboxylic acids is 2. The Kier molecular flexibility index (Phi) is 6.18. The van der Waals surface area contributed by atoms with Gasteiger partial charge in [0, 0.05) is 18.7 Å². The van der Waals surface area contributed by atoms with E-state index in [1.807, 2.05) is 0 Å². The van der Waals surface area contributed by atoms with E-state index in [-0.39, 0.29) is 32.1 Å². The van der Waals surface area contributed by atoms with Crippen LogP contribution in [-0.4, -0.2) is 59.1 Å². The Morgan fingerprint density at radius 2 is 1.55 bits per heavy atom. The average Bonchev–Trinajstić information content (AvgIpc) is 2.38. The van der Waals surface area contributed by atoms with Crippen molar-refractivity contribution in [2.45, 2.75) is 0 Å². The van der Waals surface area contributed by atoms with E-state index < -0.39 is 11.9 Å². The molecule has 0 aliphatic rings. The average molecular weight is 280 g/mol. The van der Waals surface area contributed by atoms with Crippen LogP contribution in [0.2, 0.25) is 0 Å². The quantitative estimate of drug-likeness (QED) is 0.613. The molecule has 108 valence electrons. The number of nitrogens with zero attached hydrogens (tertiary/aromatic N) is 1. The van der Waals surface area contributed by atoms with Crippen LogP contribution in [0.1, 0.15) is 10.4 Å². The number of amides is 1. The third-order valence-corrected chi connectivity index (χ3v) is 2.47. The highest BCUT2D eigenvalue weighted by atomic mass is 16.4. The molecule has 0 aliphatic heterocycles. The first-order chi connectivity index (χ1) is 9.49. The summed E-state index contributed by atoms with van der Waals surface area (Å²) in [7, 11) is 0. The van der Waals surface area contributed by atoms with Gasteiger partial charge in [0.15, 0.2) is 0 Å². The minimum absolute atomic E-state index is 0.150. The van der Waals surface area contributed by atoms with Crippen molar-refractivity contribution in [2.75, 3.05) is 26.2 Å². The van der Waals surface area contributed by atoms with Crippen LogP contribution in [0, 0.1) is 0 Å². The summed E-state index contributed by atoms with van der Waals surface area (Å²) in [5.41, 5.74) is 0.496. The first-order valence-electron chi connectivity index (χ1n) is 5.98. The standard InChI is InChI=1S/C13H16N2O5/c16-11(17)8-15(9-12(18)19)7-6-14-13(20)10-4-2-1-3-5-10/h1-5H,6-9H2,(H,14,20)(H,16,17)(H,18,19). The number of carboxylic acids is 2. The summed E-state index contributed by atoms with van der Waals surface area (Å²) in [6, 6.07) is 8.56. The van der Waals surface area contributed by atoms with Gasteiger partial charge in [-0.15, -0.1) is 0 Å². The van der Waals surface area contributed by atoms with Crippen LogP contribution in [0.5, 0.6) is 0 Å². The summed E-state index contributed by atoms with van der Waals surface area (Å²) >= 11 is 0. The van der Waals surface area contributed by atoms with Crippen LogP contribution < -0.4 is 5.32 Å². The summed E-state index contributed by atoms with van der Waals surface area (Å²) < 4.78 is 0. The molecule has 0 aliphatic carbocycles. The molecule has 0 spiro atoms. The van der Waals surface area contributed by atoms with Crippen molar-refractivity contribution in [1.29, 1.82) is 0 Å². The molecule has 0 saturated carbocycles. The van der Waals surface area contributed by atoms with Gasteiger partial charge in [-0.2, -0.15) is 0 Å². The maximum Gasteiger partial charge on any atom is 0.317 e. The molecule has 0 fully saturated rings. The monoisotopic (exact) mass is 280 g/mol. The molecule has 0 heterocycles. The van der Waals surface area contributed by atoms with Gasteiger partial charge in [-0.05, 0) is 12.1 Å². The molecule has 7 heteroatoms. The fourth-order valence-corrected chi connectivity index (χ4v) is 1.62. The Morgan fingerprint density at radius 3 is 2.05 bits per heavy atom. The molecular weight excluding hydrogens is 264 g/mol. The summed E-state index contributed by atoms with van der Waals surface area (Å²) in [6.45, 7) is -0.438. The lowest BCUT2D eigenvalue weighted by atomic mass is 10.2. The Bertz CT molecular complexity index is 459. The molecule has 1 amide bonds. The smallest absolute Gasteiger partial charge is 0.317 e. The van der Waals surface area contributed by atoms with Gasteiger partial charge >= 0.3 is 11.9 Å². The second-order valence-electron chi connectivity index (χ2n) is 4.12. The van der Waals surface area contributed by atoms with E-state index in [9.17, 15) is 14.4 Å². The molecule has 1 rings (SSSR count). The highest BCUT2D eigenvalue weighted by molar-refractivity contribution is 5.94. The highest BCUT2D eigenvalue weighted by Gasteiger charge is 2.13. The lowest BCUT2D eigenvalue weighted by molar-refractivity contribution is -0.141. The molecule has 0 atom stereocenters. The topological polar surface area (TPSA) is 107 Å². The lowest BCUT2D eigenvalue weighted by Gasteiger charge is -2.17. The molecule has 1 aromatic carbocycles. The number of hydrogen-bond acceptors (Lipinski definition) is 4. The Balaban J connectivity index is 2.41. The summed E-state index contributed by atoms with van der Waals surface area (Å²) in [5.74, 6) is -2.50. The van der Waals surface area contributed by atoms with E-state index in [2.05, 4.69) is 5.32 Å². The summed E-state index contributed by atoms with van der Waals surface area (Å²) in [6.07, 6.45) is 0. The predicted octanol–water partition coefficient (Wildman–Crippen LogP) is -0.112. The maximum absolute atomic E-state index is 11.7. The van der Waals surface area contributed by atoms with Gasteiger partial charge in [-0.3, -0.25) is 19.3 Å². The molecule has 1 aromatic rings. The van der Waals surface area contributed by atoms with Gasteiger partial charge in [-0.25, -0.2) is 0 Å². The fraction of sp³-hybridized carbons (Fsp3) is 0.308. The first-order valence-corrected chi connectivity index (χ1v) is 5.98. The van der Waals surface area contributed by atoms with Gasteiger partial charge in [-0.1, -0.05) is 18.2 Å². The van der Waals surface area contributed by atoms with Crippen LogP contribution in [-0.2, 0) is 9.59 Å². The van der Waals surface area contributed by atoms with E-state index >= 15 is 0 Å². The van der Waals surface area contributed by atoms with Crippen LogP contribution in [0.4, 0.5) is 0 Å². The van der Waals surface area contributed by atoms with Crippen molar-refractivity contribution in [3.05, 3.63) is 35.9 Å². The Labute approximate surface area is 115 Å². The molecule has 0 bridgehead atoms. The normalized spacial score (nSPS) is 10.2. The van der Waals surface area contributed by atoms with Crippen molar-refractivity contribution in [1.82, 2.24) is 10.2 Å². The van der Waals surface area contributed by atoms with Gasteiger partial charge in [0.25, 0.3) is 5.91 Å². The Hall–Kier alpha value is -2.41. The van der Waals surface area contributed by atoms with E-state index in [4.69, 9.17) is 10.2 Å². The summed E-state index contributed by atoms with van der Waals surface area (Å²) in [4.78, 5) is 34.1. The number of hydrogen-bond donors (Lipinski definition) is 3. The highest BCUT2D eigenvalue weighted by Crippen LogP contribution is 1.97. The second kappa shape index (κ2) is 7.90. The number of nitrogens with one attached hydrogen (secondary N) is 1. The number of carbonyl (C=O) groups excluding carboxylic acids is 1. The van der Waals surface area contributed by atoms with Crippen LogP contribution in [0.3, 0.4) is 0 Å². The van der Waals surface area contributed by atoms with Crippen molar-refractivity contribution < 1.29 is 24.6 Å². The van der Waals surface area contributed by atoms with Crippen molar-refractivity contribution in [2.24, 2.45) is 0 Å². The van der Waals surface area contributed by atoms with E-state index in [1.165, 1.54) is 4.90 Å². The van der Waals surface area contributed by atoms with E-state index in [0.29, 0.717) is 5.56 Å². The molecule has 0 unspecified atom stereocenters. The minimum atomic E-state index is -1.11. The zero-order valence-corrected chi connectivity index (χ0v) is 10.8. The summed E-state index contributed by atoms with van der Waals surface area (Å²) in [5, 5.41) is 19.9. The first kappa shape index (κ1) is 15.6. The molecular formula is C13H16N2O5. The van der Waals surface area contributed by atoms with Crippen molar-refractivity contribution >= 4 is 17.8 Å². The SMILES string of the molecule is O=C(O)CN(CCNC(=O)c1ccccc1)CC(=O)O. The number of carboxylic acid groups (broad SMARTS) is 2. The third kappa shape index (κ3) is 5.96. The number of benzene rings is 1. The number of rotatable bonds is 8. The molecule has 0 radical (unpaired) electrons. The van der Waals surface area contributed by atoms with Crippen LogP contribution >= 0.6 is 0 Å². The molecule has 20 heavy (non-hydrogen) atoms. The maximum atomic E-state index is 11.7. The molecule has 0 aromatic heterocycles. The van der Waals surface area contributed by atoms with E-state index in [0.717, 1.165) is 0 Å². The van der Waals surface area contributed by atoms with E-state index in [1.54, 1.807) is 30.3 Å². The third-order valence-electron chi connectivity index (χ3n) is 2.47.